The quantitative estimate of drug-likeness (QED) is 0.0228. The van der Waals surface area contributed by atoms with Gasteiger partial charge in [0.2, 0.25) is 0 Å². The molecule has 0 aromatic rings. The van der Waals surface area contributed by atoms with Gasteiger partial charge in [-0.1, -0.05) is 221 Å². The van der Waals surface area contributed by atoms with Crippen LogP contribution in [0.15, 0.2) is 97.2 Å². The van der Waals surface area contributed by atoms with Gasteiger partial charge in [0, 0.05) is 19.3 Å². The van der Waals surface area contributed by atoms with Crippen LogP contribution in [0.1, 0.15) is 265 Å². The number of aliphatic hydroxyl groups is 2. The molecule has 0 bridgehead atoms. The largest absolute Gasteiger partial charge is 0.479 e. The molecule has 462 valence electrons. The van der Waals surface area contributed by atoms with Crippen LogP contribution >= 0.6 is 0 Å². The fourth-order valence-corrected chi connectivity index (χ4v) is 9.18. The first kappa shape index (κ1) is 74.7. The number of aliphatic hydroxyl groups excluding tert-OH is 2. The van der Waals surface area contributed by atoms with E-state index in [0.717, 1.165) is 161 Å². The molecule has 3 N–H and O–H groups in total. The number of carbonyl (C=O) groups is 4. The van der Waals surface area contributed by atoms with Gasteiger partial charge in [-0.2, -0.15) is 0 Å². The summed E-state index contributed by atoms with van der Waals surface area (Å²) in [4.78, 5) is 51.3. The molecule has 0 aromatic carbocycles. The lowest BCUT2D eigenvalue weighted by atomic mass is 9.98. The van der Waals surface area contributed by atoms with Crippen molar-refractivity contribution in [1.29, 1.82) is 0 Å². The zero-order valence-corrected chi connectivity index (χ0v) is 51.0. The number of esters is 3. The van der Waals surface area contributed by atoms with E-state index in [4.69, 9.17) is 23.7 Å². The second-order valence-corrected chi connectivity index (χ2v) is 21.7. The summed E-state index contributed by atoms with van der Waals surface area (Å²) in [5.74, 6) is -3.17. The summed E-state index contributed by atoms with van der Waals surface area (Å²) in [5.41, 5.74) is 0. The van der Waals surface area contributed by atoms with Crippen molar-refractivity contribution in [2.75, 3.05) is 13.2 Å². The van der Waals surface area contributed by atoms with Gasteiger partial charge in [0.15, 0.2) is 24.6 Å². The number of hydrogen-bond donors (Lipinski definition) is 3. The Morgan fingerprint density at radius 3 is 1.19 bits per heavy atom. The fourth-order valence-electron chi connectivity index (χ4n) is 9.18. The predicted octanol–water partition coefficient (Wildman–Crippen LogP) is 17.2. The van der Waals surface area contributed by atoms with E-state index in [-0.39, 0.29) is 25.9 Å². The van der Waals surface area contributed by atoms with Crippen molar-refractivity contribution in [3.05, 3.63) is 97.2 Å². The van der Waals surface area contributed by atoms with Crippen molar-refractivity contribution in [1.82, 2.24) is 0 Å². The Labute approximate surface area is 492 Å². The maximum absolute atomic E-state index is 13.2. The Hall–Kier alpha value is -4.36. The molecule has 0 aliphatic carbocycles. The standard InChI is InChI=1S/C69H114O12/c1-4-7-10-13-16-19-22-25-28-30-31-33-35-37-40-43-46-49-52-55-61(70)77-58-60(79-62(71)56-53-50-47-44-41-39-36-32-29-26-23-20-17-14-11-8-5-2)59-78-69-67(65(74)64(73)66(81-69)68(75)76)80-63(72)57-54-51-48-45-42-38-34-27-24-21-18-15-12-9-6-3/h8,11,16-21,25-29,31,33-34,60,64-67,69,73-74H,4-7,9-10,12-15,22-24,30,32,35-59H2,1-3H3,(H,75,76)/b11-8-,19-16-,20-17-,21-18-,28-25-,29-26-,33-31-,34-27-. The van der Waals surface area contributed by atoms with Gasteiger partial charge < -0.3 is 39.0 Å². The molecule has 12 heteroatoms. The van der Waals surface area contributed by atoms with Gasteiger partial charge in [-0.05, 0) is 122 Å². The Balaban J connectivity index is 2.69. The van der Waals surface area contributed by atoms with Gasteiger partial charge in [-0.3, -0.25) is 14.4 Å². The third-order valence-electron chi connectivity index (χ3n) is 14.1. The summed E-state index contributed by atoms with van der Waals surface area (Å²) < 4.78 is 28.5. The van der Waals surface area contributed by atoms with Crippen molar-refractivity contribution >= 4 is 23.9 Å². The topological polar surface area (TPSA) is 175 Å². The smallest absolute Gasteiger partial charge is 0.335 e. The van der Waals surface area contributed by atoms with Crippen molar-refractivity contribution in [3.8, 4) is 0 Å². The van der Waals surface area contributed by atoms with Gasteiger partial charge in [0.1, 0.15) is 18.8 Å². The van der Waals surface area contributed by atoms with Crippen LogP contribution in [0.25, 0.3) is 0 Å². The average Bonchev–Trinajstić information content (AvgIpc) is 3.52. The van der Waals surface area contributed by atoms with Crippen LogP contribution < -0.4 is 0 Å². The van der Waals surface area contributed by atoms with Crippen molar-refractivity contribution < 1.29 is 58.2 Å². The molecular formula is C69H114O12. The highest BCUT2D eigenvalue weighted by molar-refractivity contribution is 5.74. The van der Waals surface area contributed by atoms with Crippen LogP contribution in [0, 0.1) is 0 Å². The van der Waals surface area contributed by atoms with Crippen LogP contribution in [0.4, 0.5) is 0 Å². The summed E-state index contributed by atoms with van der Waals surface area (Å²) >= 11 is 0. The number of allylic oxidation sites excluding steroid dienone is 16. The summed E-state index contributed by atoms with van der Waals surface area (Å²) in [6, 6.07) is 0. The van der Waals surface area contributed by atoms with E-state index in [1.165, 1.54) is 44.9 Å². The van der Waals surface area contributed by atoms with Crippen LogP contribution in [0.2, 0.25) is 0 Å². The number of carboxylic acids is 1. The summed E-state index contributed by atoms with van der Waals surface area (Å²) in [6.45, 7) is 5.82. The number of unbranched alkanes of at least 4 members (excludes halogenated alkanes) is 24. The summed E-state index contributed by atoms with van der Waals surface area (Å²) in [7, 11) is 0. The average molecular weight is 1140 g/mol. The van der Waals surface area contributed by atoms with Gasteiger partial charge in [0.05, 0.1) is 6.61 Å². The molecule has 12 nitrogen and oxygen atoms in total. The van der Waals surface area contributed by atoms with E-state index >= 15 is 0 Å². The number of carboxylic acid groups (broad SMARTS) is 1. The number of carbonyl (C=O) groups excluding carboxylic acids is 3. The first-order valence-electron chi connectivity index (χ1n) is 32.2. The minimum Gasteiger partial charge on any atom is -0.479 e. The van der Waals surface area contributed by atoms with Crippen LogP contribution in [-0.4, -0.2) is 89.2 Å². The molecule has 0 spiro atoms. The zero-order chi connectivity index (χ0) is 58.9. The van der Waals surface area contributed by atoms with E-state index in [1.807, 2.05) is 0 Å². The molecule has 1 aliphatic heterocycles. The van der Waals surface area contributed by atoms with E-state index in [1.54, 1.807) is 0 Å². The molecule has 81 heavy (non-hydrogen) atoms. The van der Waals surface area contributed by atoms with Crippen LogP contribution in [0.3, 0.4) is 0 Å². The molecule has 1 rings (SSSR count). The normalized spacial score (nSPS) is 18.4. The molecule has 0 amide bonds. The highest BCUT2D eigenvalue weighted by Gasteiger charge is 2.50. The van der Waals surface area contributed by atoms with E-state index in [9.17, 15) is 34.5 Å². The monoisotopic (exact) mass is 1130 g/mol. The molecule has 0 radical (unpaired) electrons. The first-order valence-corrected chi connectivity index (χ1v) is 32.2. The van der Waals surface area contributed by atoms with Crippen LogP contribution in [0.5, 0.6) is 0 Å². The van der Waals surface area contributed by atoms with E-state index in [0.29, 0.717) is 19.3 Å². The lowest BCUT2D eigenvalue weighted by Crippen LogP contribution is -2.61. The Kier molecular flexibility index (Phi) is 51.7. The van der Waals surface area contributed by atoms with Gasteiger partial charge in [0.25, 0.3) is 0 Å². The van der Waals surface area contributed by atoms with Crippen LogP contribution in [-0.2, 0) is 42.9 Å². The number of aliphatic carboxylic acids is 1. The molecule has 1 heterocycles. The highest BCUT2D eigenvalue weighted by atomic mass is 16.7. The van der Waals surface area contributed by atoms with Gasteiger partial charge in [-0.25, -0.2) is 4.79 Å². The molecule has 1 aliphatic rings. The molecule has 1 saturated heterocycles. The number of rotatable bonds is 54. The molecule has 6 atom stereocenters. The highest BCUT2D eigenvalue weighted by Crippen LogP contribution is 2.26. The Bertz CT molecular complexity index is 1780. The van der Waals surface area contributed by atoms with Crippen molar-refractivity contribution in [3.63, 3.8) is 0 Å². The van der Waals surface area contributed by atoms with E-state index < -0.39 is 67.3 Å². The Morgan fingerprint density at radius 2 is 0.778 bits per heavy atom. The van der Waals surface area contributed by atoms with Crippen molar-refractivity contribution in [2.24, 2.45) is 0 Å². The molecule has 0 saturated carbocycles. The SMILES string of the molecule is CC/C=C\C/C=C\C/C=C\CCCCCCCCCC(=O)OC(COC(=O)CCCCCCCC/C=C\C/C=C\C/C=C\CCCCC)COC1OC(C(=O)O)C(O)C(O)C1OC(=O)CCCCCCC/C=C\C/C=C\CCCCC. The minimum atomic E-state index is -1.92. The van der Waals surface area contributed by atoms with Gasteiger partial charge in [-0.15, -0.1) is 0 Å². The molecule has 0 aromatic heterocycles. The summed E-state index contributed by atoms with van der Waals surface area (Å²) in [6.07, 6.45) is 62.1. The second-order valence-electron chi connectivity index (χ2n) is 21.7. The lowest BCUT2D eigenvalue weighted by Gasteiger charge is -2.40. The number of hydrogen-bond acceptors (Lipinski definition) is 11. The molecular weight excluding hydrogens is 1020 g/mol. The maximum atomic E-state index is 13.2. The zero-order valence-electron chi connectivity index (χ0n) is 51.0. The third-order valence-corrected chi connectivity index (χ3v) is 14.1. The Morgan fingerprint density at radius 1 is 0.420 bits per heavy atom. The second kappa shape index (κ2) is 56.1. The summed E-state index contributed by atoms with van der Waals surface area (Å²) in [5, 5.41) is 31.6. The maximum Gasteiger partial charge on any atom is 0.335 e. The molecule has 1 fully saturated rings. The van der Waals surface area contributed by atoms with E-state index in [2.05, 4.69) is 118 Å². The fraction of sp³-hybridized carbons (Fsp3) is 0.710. The third kappa shape index (κ3) is 45.8. The van der Waals surface area contributed by atoms with Gasteiger partial charge >= 0.3 is 23.9 Å². The predicted molar refractivity (Wildman–Crippen MR) is 331 cm³/mol. The first-order chi connectivity index (χ1) is 39.6. The van der Waals surface area contributed by atoms with Crippen molar-refractivity contribution in [2.45, 2.75) is 302 Å². The molecule has 6 unspecified atom stereocenters. The minimum absolute atomic E-state index is 0.0383. The lowest BCUT2D eigenvalue weighted by molar-refractivity contribution is -0.301. The number of ether oxygens (including phenoxy) is 5.